The van der Waals surface area contributed by atoms with E-state index in [1.165, 1.54) is 19.3 Å². The quantitative estimate of drug-likeness (QED) is 0.732. The molecule has 0 aromatic carbocycles. The molecule has 0 aromatic rings. The van der Waals surface area contributed by atoms with Gasteiger partial charge in [0.2, 0.25) is 5.91 Å². The Morgan fingerprint density at radius 3 is 2.85 bits per heavy atom. The van der Waals surface area contributed by atoms with Crippen LogP contribution in [-0.4, -0.2) is 36.4 Å². The maximum Gasteiger partial charge on any atom is 0.246 e. The van der Waals surface area contributed by atoms with Gasteiger partial charge in [-0.2, -0.15) is 0 Å². The summed E-state index contributed by atoms with van der Waals surface area (Å²) in [6.45, 7) is 2.51. The summed E-state index contributed by atoms with van der Waals surface area (Å²) >= 11 is 0. The lowest BCUT2D eigenvalue weighted by Gasteiger charge is -2.30. The molecule has 20 heavy (non-hydrogen) atoms. The average molecular weight is 281 g/mol. The van der Waals surface area contributed by atoms with Crippen molar-refractivity contribution >= 4 is 5.91 Å². The van der Waals surface area contributed by atoms with Crippen LogP contribution < -0.4 is 5.32 Å². The van der Waals surface area contributed by atoms with Crippen LogP contribution in [0.5, 0.6) is 0 Å². The molecule has 0 bridgehead atoms. The van der Waals surface area contributed by atoms with Crippen LogP contribution in [0.2, 0.25) is 0 Å². The minimum Gasteiger partial charge on any atom is -0.396 e. The first-order valence-corrected chi connectivity index (χ1v) is 7.93. The minimum absolute atomic E-state index is 0.0429. The maximum absolute atomic E-state index is 11.9. The second kappa shape index (κ2) is 7.79. The molecule has 114 valence electrons. The molecule has 4 heteroatoms. The fourth-order valence-corrected chi connectivity index (χ4v) is 3.31. The number of rotatable bonds is 6. The summed E-state index contributed by atoms with van der Waals surface area (Å²) in [5.74, 6) is 0.754. The summed E-state index contributed by atoms with van der Waals surface area (Å²) in [5, 5.41) is 12.0. The summed E-state index contributed by atoms with van der Waals surface area (Å²) in [4.78, 5) is 11.9. The molecule has 1 amide bonds. The van der Waals surface area contributed by atoms with E-state index in [0.717, 1.165) is 19.3 Å². The minimum atomic E-state index is -0.0429. The smallest absolute Gasteiger partial charge is 0.246 e. The monoisotopic (exact) mass is 281 g/mol. The Morgan fingerprint density at radius 2 is 2.15 bits per heavy atom. The standard InChI is InChI=1S/C16H27NO3/c1-2-13-5-3-4-6-15(13)20-11-16(19)17-14-8-7-12(9-14)10-18/h7-8,12-15,18H,2-6,9-11H2,1H3,(H,17,19)/t12-,13?,14+,15?/m0/s1. The molecule has 4 nitrogen and oxygen atoms in total. The number of hydrogen-bond donors (Lipinski definition) is 2. The third-order valence-corrected chi connectivity index (χ3v) is 4.55. The topological polar surface area (TPSA) is 58.6 Å². The third kappa shape index (κ3) is 4.32. The third-order valence-electron chi connectivity index (χ3n) is 4.55. The van der Waals surface area contributed by atoms with Crippen LogP contribution in [0.4, 0.5) is 0 Å². The van der Waals surface area contributed by atoms with E-state index in [4.69, 9.17) is 9.84 Å². The number of aliphatic hydroxyl groups is 1. The summed E-state index contributed by atoms with van der Waals surface area (Å²) in [5.41, 5.74) is 0. The van der Waals surface area contributed by atoms with Crippen molar-refractivity contribution in [3.05, 3.63) is 12.2 Å². The first kappa shape index (κ1) is 15.5. The molecule has 4 atom stereocenters. The summed E-state index contributed by atoms with van der Waals surface area (Å²) < 4.78 is 5.83. The highest BCUT2D eigenvalue weighted by Crippen LogP contribution is 2.29. The first-order valence-electron chi connectivity index (χ1n) is 7.93. The number of nitrogens with one attached hydrogen (secondary N) is 1. The van der Waals surface area contributed by atoms with Gasteiger partial charge in [0, 0.05) is 18.6 Å². The van der Waals surface area contributed by atoms with Crippen molar-refractivity contribution in [3.8, 4) is 0 Å². The van der Waals surface area contributed by atoms with Gasteiger partial charge in [0.1, 0.15) is 6.61 Å². The van der Waals surface area contributed by atoms with Crippen molar-refractivity contribution in [1.29, 1.82) is 0 Å². The van der Waals surface area contributed by atoms with Crippen LogP contribution >= 0.6 is 0 Å². The molecule has 0 heterocycles. The number of ether oxygens (including phenoxy) is 1. The Kier molecular flexibility index (Phi) is 6.05. The van der Waals surface area contributed by atoms with Crippen molar-refractivity contribution in [2.24, 2.45) is 11.8 Å². The lowest BCUT2D eigenvalue weighted by Crippen LogP contribution is -2.38. The maximum atomic E-state index is 11.9. The van der Waals surface area contributed by atoms with Gasteiger partial charge in [-0.3, -0.25) is 4.79 Å². The molecular weight excluding hydrogens is 254 g/mol. The highest BCUT2D eigenvalue weighted by atomic mass is 16.5. The van der Waals surface area contributed by atoms with E-state index in [0.29, 0.717) is 5.92 Å². The largest absolute Gasteiger partial charge is 0.396 e. The van der Waals surface area contributed by atoms with Gasteiger partial charge in [0.25, 0.3) is 0 Å². The van der Waals surface area contributed by atoms with Crippen molar-refractivity contribution in [3.63, 3.8) is 0 Å². The molecule has 0 spiro atoms. The number of amides is 1. The fraction of sp³-hybridized carbons (Fsp3) is 0.812. The van der Waals surface area contributed by atoms with Crippen LogP contribution in [0, 0.1) is 11.8 Å². The molecular formula is C16H27NO3. The van der Waals surface area contributed by atoms with E-state index in [9.17, 15) is 4.79 Å². The SMILES string of the molecule is CCC1CCCCC1OCC(=O)N[C@@H]1C=C[C@H](CO)C1. The molecule has 2 rings (SSSR count). The van der Waals surface area contributed by atoms with E-state index in [1.54, 1.807) is 0 Å². The van der Waals surface area contributed by atoms with Crippen molar-refractivity contribution < 1.29 is 14.6 Å². The van der Waals surface area contributed by atoms with Gasteiger partial charge >= 0.3 is 0 Å². The van der Waals surface area contributed by atoms with Gasteiger partial charge in [0.15, 0.2) is 0 Å². The summed E-state index contributed by atoms with van der Waals surface area (Å²) in [6, 6.07) is 0.0524. The van der Waals surface area contributed by atoms with Gasteiger partial charge in [-0.15, -0.1) is 0 Å². The second-order valence-corrected chi connectivity index (χ2v) is 6.04. The van der Waals surface area contributed by atoms with Gasteiger partial charge in [-0.1, -0.05) is 38.3 Å². The van der Waals surface area contributed by atoms with Crippen LogP contribution in [0.25, 0.3) is 0 Å². The van der Waals surface area contributed by atoms with E-state index in [2.05, 4.69) is 12.2 Å². The van der Waals surface area contributed by atoms with E-state index < -0.39 is 0 Å². The van der Waals surface area contributed by atoms with Crippen LogP contribution in [-0.2, 0) is 9.53 Å². The molecule has 2 aliphatic carbocycles. The van der Waals surface area contributed by atoms with E-state index >= 15 is 0 Å². The van der Waals surface area contributed by atoms with Gasteiger partial charge < -0.3 is 15.2 Å². The highest BCUT2D eigenvalue weighted by molar-refractivity contribution is 5.77. The van der Waals surface area contributed by atoms with Crippen molar-refractivity contribution in [1.82, 2.24) is 5.32 Å². The number of hydrogen-bond acceptors (Lipinski definition) is 3. The normalized spacial score (nSPS) is 33.3. The summed E-state index contributed by atoms with van der Waals surface area (Å²) in [7, 11) is 0. The molecule has 0 radical (unpaired) electrons. The van der Waals surface area contributed by atoms with Crippen LogP contribution in [0.1, 0.15) is 45.4 Å². The zero-order valence-corrected chi connectivity index (χ0v) is 12.4. The molecule has 2 unspecified atom stereocenters. The van der Waals surface area contributed by atoms with Gasteiger partial charge in [0.05, 0.1) is 6.10 Å². The Labute approximate surface area is 121 Å². The predicted octanol–water partition coefficient (Wildman–Crippen LogP) is 2.02. The molecule has 0 aromatic heterocycles. The number of carbonyl (C=O) groups excluding carboxylic acids is 1. The Hall–Kier alpha value is -0.870. The highest BCUT2D eigenvalue weighted by Gasteiger charge is 2.25. The Balaban J connectivity index is 1.68. The molecule has 2 aliphatic rings. The van der Waals surface area contributed by atoms with Gasteiger partial charge in [-0.25, -0.2) is 0 Å². The summed E-state index contributed by atoms with van der Waals surface area (Å²) in [6.07, 6.45) is 10.9. The Bertz CT molecular complexity index is 343. The zero-order chi connectivity index (χ0) is 14.4. The molecule has 0 aliphatic heterocycles. The molecule has 0 saturated heterocycles. The molecule has 1 saturated carbocycles. The fourth-order valence-electron chi connectivity index (χ4n) is 3.31. The first-order chi connectivity index (χ1) is 9.72. The van der Waals surface area contributed by atoms with Crippen LogP contribution in [0.15, 0.2) is 12.2 Å². The lowest BCUT2D eigenvalue weighted by molar-refractivity contribution is -0.130. The number of aliphatic hydroxyl groups excluding tert-OH is 1. The predicted molar refractivity (Wildman–Crippen MR) is 78.3 cm³/mol. The number of carbonyl (C=O) groups is 1. The average Bonchev–Trinajstić information content (AvgIpc) is 2.93. The molecule has 2 N–H and O–H groups in total. The van der Waals surface area contributed by atoms with E-state index in [1.807, 2.05) is 12.2 Å². The van der Waals surface area contributed by atoms with Crippen LogP contribution in [0.3, 0.4) is 0 Å². The van der Waals surface area contributed by atoms with Gasteiger partial charge in [-0.05, 0) is 25.2 Å². The van der Waals surface area contributed by atoms with E-state index in [-0.39, 0.29) is 37.2 Å². The van der Waals surface area contributed by atoms with Crippen molar-refractivity contribution in [2.75, 3.05) is 13.2 Å². The lowest BCUT2D eigenvalue weighted by atomic mass is 9.85. The zero-order valence-electron chi connectivity index (χ0n) is 12.4. The second-order valence-electron chi connectivity index (χ2n) is 6.04. The van der Waals surface area contributed by atoms with Crippen molar-refractivity contribution in [2.45, 2.75) is 57.6 Å². The molecule has 1 fully saturated rings. The Morgan fingerprint density at radius 1 is 1.35 bits per heavy atom.